The highest BCUT2D eigenvalue weighted by Crippen LogP contribution is 2.44. The fourth-order valence-corrected chi connectivity index (χ4v) is 3.28. The zero-order valence-electron chi connectivity index (χ0n) is 15.6. The van der Waals surface area contributed by atoms with Crippen molar-refractivity contribution in [1.29, 1.82) is 0 Å². The van der Waals surface area contributed by atoms with Crippen LogP contribution in [0.25, 0.3) is 17.0 Å². The Labute approximate surface area is 158 Å². The number of hydrogen-bond donors (Lipinski definition) is 1. The van der Waals surface area contributed by atoms with E-state index < -0.39 is 0 Å². The Morgan fingerprint density at radius 2 is 2.15 bits per heavy atom. The number of nitrogens with two attached hydrogens (primary N) is 1. The van der Waals surface area contributed by atoms with E-state index in [1.54, 1.807) is 36.4 Å². The summed E-state index contributed by atoms with van der Waals surface area (Å²) in [5.74, 6) is 1.84. The number of carbonyl (C=O) groups is 1. The zero-order chi connectivity index (χ0) is 19.0. The van der Waals surface area contributed by atoms with Gasteiger partial charge in [-0.1, -0.05) is 18.2 Å². The molecule has 0 aliphatic heterocycles. The maximum absolute atomic E-state index is 12.5. The molecule has 0 saturated heterocycles. The maximum Gasteiger partial charge on any atom is 0.246 e. The molecular formula is C22H23N3O2. The predicted octanol–water partition coefficient (Wildman–Crippen LogP) is 4.27. The van der Waals surface area contributed by atoms with Gasteiger partial charge in [0.2, 0.25) is 5.91 Å². The summed E-state index contributed by atoms with van der Waals surface area (Å²) in [5.41, 5.74) is 9.80. The molecule has 3 aromatic rings. The van der Waals surface area contributed by atoms with Gasteiger partial charge in [0.1, 0.15) is 17.2 Å². The lowest BCUT2D eigenvalue weighted by Gasteiger charge is -2.13. The van der Waals surface area contributed by atoms with Crippen molar-refractivity contribution < 1.29 is 9.21 Å². The molecule has 0 unspecified atom stereocenters. The monoisotopic (exact) mass is 361 g/mol. The van der Waals surface area contributed by atoms with Crippen LogP contribution in [0.15, 0.2) is 47.0 Å². The van der Waals surface area contributed by atoms with Crippen LogP contribution in [-0.4, -0.2) is 22.8 Å². The Kier molecular flexibility index (Phi) is 4.44. The van der Waals surface area contributed by atoms with Gasteiger partial charge in [-0.3, -0.25) is 4.79 Å². The first-order valence-corrected chi connectivity index (χ1v) is 9.18. The molecule has 1 aromatic carbocycles. The van der Waals surface area contributed by atoms with Crippen molar-refractivity contribution in [2.45, 2.75) is 32.2 Å². The molecule has 2 heterocycles. The average molecular weight is 361 g/mol. The average Bonchev–Trinajstić information content (AvgIpc) is 3.46. The van der Waals surface area contributed by atoms with Crippen molar-refractivity contribution in [1.82, 2.24) is 9.88 Å². The number of nitrogen functional groups attached to an aromatic ring is 1. The van der Waals surface area contributed by atoms with E-state index >= 15 is 0 Å². The summed E-state index contributed by atoms with van der Waals surface area (Å²) in [4.78, 5) is 18.1. The fourth-order valence-electron chi connectivity index (χ4n) is 3.28. The Balaban J connectivity index is 1.51. The summed E-state index contributed by atoms with van der Waals surface area (Å²) in [6.45, 7) is 2.50. The highest BCUT2D eigenvalue weighted by molar-refractivity contribution is 5.91. The number of para-hydroxylation sites is 1. The fraction of sp³-hybridized carbons (Fsp3) is 0.273. The maximum atomic E-state index is 12.5. The van der Waals surface area contributed by atoms with Gasteiger partial charge in [0.15, 0.2) is 0 Å². The Bertz CT molecular complexity index is 1010. The molecule has 5 nitrogen and oxygen atoms in total. The van der Waals surface area contributed by atoms with E-state index in [0.29, 0.717) is 18.3 Å². The SMILES string of the molecule is Cc1c(CN(C)C(=O)/C=C/c2ccc(N)nc2)oc2c(C3CC3)cccc12. The van der Waals surface area contributed by atoms with Crippen LogP contribution < -0.4 is 5.73 Å². The number of anilines is 1. The molecule has 0 spiro atoms. The van der Waals surface area contributed by atoms with Gasteiger partial charge in [0, 0.05) is 30.3 Å². The second-order valence-corrected chi connectivity index (χ2v) is 7.19. The van der Waals surface area contributed by atoms with Crippen LogP contribution in [0.4, 0.5) is 5.82 Å². The summed E-state index contributed by atoms with van der Waals surface area (Å²) in [6, 6.07) is 9.89. The first-order valence-electron chi connectivity index (χ1n) is 9.18. The number of pyridine rings is 1. The van der Waals surface area contributed by atoms with Crippen molar-refractivity contribution in [3.8, 4) is 0 Å². The predicted molar refractivity (Wildman–Crippen MR) is 107 cm³/mol. The summed E-state index contributed by atoms with van der Waals surface area (Å²) < 4.78 is 6.19. The summed E-state index contributed by atoms with van der Waals surface area (Å²) in [5, 5.41) is 1.15. The summed E-state index contributed by atoms with van der Waals surface area (Å²) >= 11 is 0. The van der Waals surface area contributed by atoms with Gasteiger partial charge in [-0.05, 0) is 55.0 Å². The van der Waals surface area contributed by atoms with Crippen molar-refractivity contribution in [3.05, 3.63) is 65.1 Å². The Morgan fingerprint density at radius 1 is 1.33 bits per heavy atom. The van der Waals surface area contributed by atoms with Gasteiger partial charge in [-0.15, -0.1) is 0 Å². The zero-order valence-corrected chi connectivity index (χ0v) is 15.6. The highest BCUT2D eigenvalue weighted by atomic mass is 16.3. The number of aryl methyl sites for hydroxylation is 1. The lowest BCUT2D eigenvalue weighted by atomic mass is 10.1. The topological polar surface area (TPSA) is 72.4 Å². The smallest absolute Gasteiger partial charge is 0.246 e. The summed E-state index contributed by atoms with van der Waals surface area (Å²) in [7, 11) is 1.78. The van der Waals surface area contributed by atoms with E-state index in [1.807, 2.05) is 6.07 Å². The first kappa shape index (κ1) is 17.3. The minimum atomic E-state index is -0.0888. The molecule has 1 amide bonds. The molecule has 138 valence electrons. The molecule has 27 heavy (non-hydrogen) atoms. The Morgan fingerprint density at radius 3 is 2.85 bits per heavy atom. The number of furan rings is 1. The van der Waals surface area contributed by atoms with Crippen molar-refractivity contribution in [3.63, 3.8) is 0 Å². The van der Waals surface area contributed by atoms with E-state index in [1.165, 1.54) is 18.4 Å². The second-order valence-electron chi connectivity index (χ2n) is 7.19. The minimum Gasteiger partial charge on any atom is -0.459 e. The van der Waals surface area contributed by atoms with E-state index in [2.05, 4.69) is 30.1 Å². The molecular weight excluding hydrogens is 338 g/mol. The van der Waals surface area contributed by atoms with Crippen LogP contribution >= 0.6 is 0 Å². The number of carbonyl (C=O) groups excluding carboxylic acids is 1. The third-order valence-electron chi connectivity index (χ3n) is 5.09. The van der Waals surface area contributed by atoms with Gasteiger partial charge in [0.05, 0.1) is 6.54 Å². The number of hydrogen-bond acceptors (Lipinski definition) is 4. The molecule has 1 saturated carbocycles. The molecule has 2 aromatic heterocycles. The Hall–Kier alpha value is -3.08. The molecule has 0 radical (unpaired) electrons. The van der Waals surface area contributed by atoms with Crippen LogP contribution in [0.2, 0.25) is 0 Å². The van der Waals surface area contributed by atoms with Crippen LogP contribution in [0.1, 0.15) is 41.2 Å². The molecule has 1 aliphatic carbocycles. The van der Waals surface area contributed by atoms with Crippen molar-refractivity contribution >= 4 is 28.8 Å². The van der Waals surface area contributed by atoms with Crippen LogP contribution in [0, 0.1) is 6.92 Å². The van der Waals surface area contributed by atoms with E-state index in [4.69, 9.17) is 10.2 Å². The molecule has 1 fully saturated rings. The largest absolute Gasteiger partial charge is 0.459 e. The number of rotatable bonds is 5. The van der Waals surface area contributed by atoms with Crippen molar-refractivity contribution in [2.75, 3.05) is 12.8 Å². The van der Waals surface area contributed by atoms with Gasteiger partial charge < -0.3 is 15.1 Å². The number of fused-ring (bicyclic) bond motifs is 1. The number of aromatic nitrogens is 1. The number of benzene rings is 1. The molecule has 0 atom stereocenters. The normalized spacial score (nSPS) is 14.1. The third kappa shape index (κ3) is 3.58. The van der Waals surface area contributed by atoms with Gasteiger partial charge in [-0.25, -0.2) is 4.98 Å². The first-order chi connectivity index (χ1) is 13.0. The molecule has 0 bridgehead atoms. The van der Waals surface area contributed by atoms with E-state index in [0.717, 1.165) is 27.9 Å². The minimum absolute atomic E-state index is 0.0888. The van der Waals surface area contributed by atoms with E-state index in [-0.39, 0.29) is 5.91 Å². The van der Waals surface area contributed by atoms with Crippen LogP contribution in [0.3, 0.4) is 0 Å². The molecule has 1 aliphatic rings. The van der Waals surface area contributed by atoms with Gasteiger partial charge in [-0.2, -0.15) is 0 Å². The van der Waals surface area contributed by atoms with Crippen molar-refractivity contribution in [2.24, 2.45) is 0 Å². The highest BCUT2D eigenvalue weighted by Gasteiger charge is 2.27. The number of nitrogens with zero attached hydrogens (tertiary/aromatic N) is 2. The standard InChI is InChI=1S/C22H23N3O2/c1-14-17-4-3-5-18(16-8-9-16)22(17)27-19(14)13-25(2)21(26)11-7-15-6-10-20(23)24-12-15/h3-7,10-12,16H,8-9,13H2,1-2H3,(H2,23,24)/b11-7+. The van der Waals surface area contributed by atoms with Gasteiger partial charge >= 0.3 is 0 Å². The van der Waals surface area contributed by atoms with Crippen LogP contribution in [0.5, 0.6) is 0 Å². The lowest BCUT2D eigenvalue weighted by molar-refractivity contribution is -0.125. The second kappa shape index (κ2) is 6.91. The van der Waals surface area contributed by atoms with E-state index in [9.17, 15) is 4.79 Å². The molecule has 4 rings (SSSR count). The number of amides is 1. The quantitative estimate of drug-likeness (QED) is 0.689. The summed E-state index contributed by atoms with van der Waals surface area (Å²) in [6.07, 6.45) is 7.39. The third-order valence-corrected chi connectivity index (χ3v) is 5.09. The molecule has 5 heteroatoms. The molecule has 2 N–H and O–H groups in total. The lowest BCUT2D eigenvalue weighted by Crippen LogP contribution is -2.24. The van der Waals surface area contributed by atoms with Gasteiger partial charge in [0.25, 0.3) is 0 Å². The number of likely N-dealkylation sites (N-methyl/N-ethyl adjacent to an activating group) is 1. The van der Waals surface area contributed by atoms with Crippen LogP contribution in [-0.2, 0) is 11.3 Å².